The van der Waals surface area contributed by atoms with Crippen LogP contribution >= 0.6 is 0 Å². The molecule has 5 N–H and O–H groups in total. The second-order valence-corrected chi connectivity index (χ2v) is 11.9. The first-order valence-corrected chi connectivity index (χ1v) is 14.7. The summed E-state index contributed by atoms with van der Waals surface area (Å²) < 4.78 is 31.5. The molecule has 0 unspecified atom stereocenters. The van der Waals surface area contributed by atoms with Crippen LogP contribution in [0.4, 0.5) is 8.78 Å². The number of alkyl halides is 2. The van der Waals surface area contributed by atoms with Crippen LogP contribution in [0.15, 0.2) is 71.5 Å². The Morgan fingerprint density at radius 3 is 2.52 bits per heavy atom. The molecule has 1 aromatic carbocycles. The molecule has 1 atom stereocenters. The van der Waals surface area contributed by atoms with Crippen molar-refractivity contribution < 1.29 is 8.78 Å². The highest BCUT2D eigenvalue weighted by Crippen LogP contribution is 2.48. The molecule has 6 bridgehead atoms. The van der Waals surface area contributed by atoms with E-state index in [1.807, 2.05) is 24.1 Å². The Kier molecular flexibility index (Phi) is 7.96. The summed E-state index contributed by atoms with van der Waals surface area (Å²) in [5, 5.41) is 13.4. The van der Waals surface area contributed by atoms with E-state index in [1.165, 1.54) is 6.20 Å². The van der Waals surface area contributed by atoms with Crippen molar-refractivity contribution in [3.05, 3.63) is 82.6 Å². The predicted molar refractivity (Wildman–Crippen MR) is 154 cm³/mol. The molecule has 4 heterocycles. The number of nitrogens with zero attached hydrogens (tertiary/aromatic N) is 3. The number of hydrogen-bond acceptors (Lipinski definition) is 6. The van der Waals surface area contributed by atoms with Crippen molar-refractivity contribution in [2.75, 3.05) is 19.6 Å². The topological polar surface area (TPSA) is 94.3 Å². The second-order valence-electron chi connectivity index (χ2n) is 11.9. The number of benzene rings is 1. The molecule has 214 valence electrons. The Morgan fingerprint density at radius 1 is 1.12 bits per heavy atom. The van der Waals surface area contributed by atoms with Gasteiger partial charge in [-0.15, -0.1) is 0 Å². The predicted octanol–water partition coefficient (Wildman–Crippen LogP) is 5.89. The quantitative estimate of drug-likeness (QED) is 0.405. The SMILES string of the molecule is C=C1C2=C(N)C(=CN1C1(C#N)CC1)/C(=C\N)N[C@H](C)c1cccc(c1)C(F)(F)C1CCN(CCCCCC2)CC1. The van der Waals surface area contributed by atoms with Gasteiger partial charge in [0.25, 0.3) is 5.92 Å². The van der Waals surface area contributed by atoms with Gasteiger partial charge in [0, 0.05) is 46.9 Å². The summed E-state index contributed by atoms with van der Waals surface area (Å²) >= 11 is 0. The lowest BCUT2D eigenvalue weighted by Crippen LogP contribution is -2.40. The van der Waals surface area contributed by atoms with Gasteiger partial charge in [0.1, 0.15) is 5.54 Å². The Balaban J connectivity index is 1.50. The van der Waals surface area contributed by atoms with E-state index in [0.717, 1.165) is 81.4 Å². The van der Waals surface area contributed by atoms with Crippen LogP contribution in [0.5, 0.6) is 0 Å². The first-order valence-electron chi connectivity index (χ1n) is 14.7. The minimum Gasteiger partial charge on any atom is -0.403 e. The number of hydrogen-bond donors (Lipinski definition) is 3. The molecule has 1 aliphatic carbocycles. The van der Waals surface area contributed by atoms with E-state index >= 15 is 8.78 Å². The summed E-state index contributed by atoms with van der Waals surface area (Å²) in [6.07, 6.45) is 10.8. The molecule has 1 aromatic rings. The minimum absolute atomic E-state index is 0.0653. The molecule has 2 fully saturated rings. The maximum atomic E-state index is 15.7. The second kappa shape index (κ2) is 11.3. The summed E-state index contributed by atoms with van der Waals surface area (Å²) in [6, 6.07) is 8.92. The summed E-state index contributed by atoms with van der Waals surface area (Å²) in [5.74, 6) is -3.54. The fraction of sp³-hybridized carbons (Fsp3) is 0.531. The number of halogens is 2. The van der Waals surface area contributed by atoms with Gasteiger partial charge in [0.15, 0.2) is 0 Å². The first kappa shape index (κ1) is 28.2. The lowest BCUT2D eigenvalue weighted by atomic mass is 9.85. The molecular weight excluding hydrogens is 506 g/mol. The van der Waals surface area contributed by atoms with Gasteiger partial charge >= 0.3 is 0 Å². The molecule has 0 amide bonds. The van der Waals surface area contributed by atoms with Crippen LogP contribution in [0.1, 0.15) is 81.9 Å². The molecule has 4 aliphatic heterocycles. The molecule has 0 radical (unpaired) electrons. The fourth-order valence-electron chi connectivity index (χ4n) is 6.43. The normalized spacial score (nSPS) is 29.8. The molecular formula is C32H42F2N6. The highest BCUT2D eigenvalue weighted by Gasteiger charge is 2.50. The highest BCUT2D eigenvalue weighted by atomic mass is 19.3. The minimum atomic E-state index is -2.89. The number of nitrogens with one attached hydrogen (secondary N) is 1. The maximum absolute atomic E-state index is 15.7. The molecule has 0 aromatic heterocycles. The van der Waals surface area contributed by atoms with E-state index in [9.17, 15) is 5.26 Å². The molecule has 6 nitrogen and oxygen atoms in total. The Hall–Kier alpha value is -3.31. The Bertz CT molecular complexity index is 1260. The zero-order valence-electron chi connectivity index (χ0n) is 23.6. The van der Waals surface area contributed by atoms with Crippen LogP contribution in [0.2, 0.25) is 0 Å². The molecule has 5 aliphatic rings. The third-order valence-electron chi connectivity index (χ3n) is 9.26. The summed E-state index contributed by atoms with van der Waals surface area (Å²) in [6.45, 7) is 8.68. The van der Waals surface area contributed by atoms with Crippen molar-refractivity contribution >= 4 is 0 Å². The molecule has 1 saturated carbocycles. The van der Waals surface area contributed by atoms with Crippen molar-refractivity contribution in [2.24, 2.45) is 17.4 Å². The average molecular weight is 549 g/mol. The summed E-state index contributed by atoms with van der Waals surface area (Å²) in [7, 11) is 0. The standard InChI is InChI=1S/C32H42F2N6/c1-22-24-8-7-9-26(18-24)32(33,34)25-11-16-39(17-12-25)15-6-4-3-5-10-27-23(2)40(31(21-36)13-14-31)20-28(30(27)37)29(19-35)38-22/h7-9,18-20,22,25,38H,2-6,10-17,35,37H2,1H3/b29-19+/t22-/m1/s1. The molecule has 1 saturated heterocycles. The van der Waals surface area contributed by atoms with Crippen molar-refractivity contribution in [3.63, 3.8) is 0 Å². The number of allylic oxidation sites excluding steroid dienone is 1. The highest BCUT2D eigenvalue weighted by molar-refractivity contribution is 5.56. The largest absolute Gasteiger partial charge is 0.403 e. The first-order chi connectivity index (χ1) is 19.2. The Labute approximate surface area is 237 Å². The lowest BCUT2D eigenvalue weighted by molar-refractivity contribution is -0.0855. The van der Waals surface area contributed by atoms with Gasteiger partial charge in [-0.1, -0.05) is 37.6 Å². The monoisotopic (exact) mass is 548 g/mol. The van der Waals surface area contributed by atoms with E-state index in [2.05, 4.69) is 22.9 Å². The molecule has 8 heteroatoms. The van der Waals surface area contributed by atoms with E-state index < -0.39 is 17.4 Å². The van der Waals surface area contributed by atoms with Gasteiger partial charge in [0.2, 0.25) is 0 Å². The molecule has 40 heavy (non-hydrogen) atoms. The average Bonchev–Trinajstić information content (AvgIpc) is 3.76. The zero-order chi connectivity index (χ0) is 28.5. The van der Waals surface area contributed by atoms with E-state index in [0.29, 0.717) is 29.8 Å². The van der Waals surface area contributed by atoms with Gasteiger partial charge in [-0.3, -0.25) is 0 Å². The number of rotatable bonds is 1. The van der Waals surface area contributed by atoms with Gasteiger partial charge in [-0.2, -0.15) is 5.26 Å². The van der Waals surface area contributed by atoms with Crippen LogP contribution < -0.4 is 16.8 Å². The van der Waals surface area contributed by atoms with Crippen molar-refractivity contribution in [1.82, 2.24) is 15.1 Å². The smallest absolute Gasteiger partial charge is 0.276 e. The van der Waals surface area contributed by atoms with E-state index in [-0.39, 0.29) is 11.6 Å². The van der Waals surface area contributed by atoms with Gasteiger partial charge in [0.05, 0.1) is 11.8 Å². The summed E-state index contributed by atoms with van der Waals surface area (Å²) in [4.78, 5) is 4.31. The lowest BCUT2D eigenvalue weighted by Gasteiger charge is -2.37. The number of nitriles is 1. The third-order valence-corrected chi connectivity index (χ3v) is 9.26. The van der Waals surface area contributed by atoms with Crippen LogP contribution in [-0.2, 0) is 5.92 Å². The van der Waals surface area contributed by atoms with Crippen molar-refractivity contribution in [3.8, 4) is 6.07 Å². The van der Waals surface area contributed by atoms with E-state index in [4.69, 9.17) is 11.5 Å². The summed E-state index contributed by atoms with van der Waals surface area (Å²) in [5.41, 5.74) is 16.8. The third kappa shape index (κ3) is 5.36. The van der Waals surface area contributed by atoms with Crippen molar-refractivity contribution in [2.45, 2.75) is 82.2 Å². The molecule has 0 spiro atoms. The van der Waals surface area contributed by atoms with Crippen LogP contribution in [0.3, 0.4) is 0 Å². The Morgan fingerprint density at radius 2 is 1.85 bits per heavy atom. The number of fused-ring (bicyclic) bond motifs is 9. The maximum Gasteiger partial charge on any atom is 0.276 e. The van der Waals surface area contributed by atoms with Gasteiger partial charge in [-0.05, 0) is 88.7 Å². The zero-order valence-corrected chi connectivity index (χ0v) is 23.6. The van der Waals surface area contributed by atoms with Crippen LogP contribution in [-0.4, -0.2) is 35.0 Å². The number of piperidine rings is 1. The molecule has 6 rings (SSSR count). The van der Waals surface area contributed by atoms with Gasteiger partial charge in [-0.25, -0.2) is 8.78 Å². The van der Waals surface area contributed by atoms with Gasteiger partial charge < -0.3 is 26.6 Å². The van der Waals surface area contributed by atoms with Crippen LogP contribution in [0, 0.1) is 17.2 Å². The van der Waals surface area contributed by atoms with Crippen molar-refractivity contribution in [1.29, 1.82) is 5.26 Å². The van der Waals surface area contributed by atoms with E-state index in [1.54, 1.807) is 18.2 Å². The van der Waals surface area contributed by atoms with Crippen LogP contribution in [0.25, 0.3) is 0 Å². The fourth-order valence-corrected chi connectivity index (χ4v) is 6.43. The number of nitrogens with two attached hydrogens (primary N) is 2.